The Morgan fingerprint density at radius 2 is 2.07 bits per heavy atom. The molecule has 0 saturated heterocycles. The van der Waals surface area contributed by atoms with E-state index in [1.165, 1.54) is 6.07 Å². The molecule has 0 aliphatic rings. The van der Waals surface area contributed by atoms with Crippen LogP contribution in [-0.4, -0.2) is 22.1 Å². The summed E-state index contributed by atoms with van der Waals surface area (Å²) in [5, 5.41) is 28.5. The number of halogens is 1. The number of nitro benzene ring substituents is 1. The quantitative estimate of drug-likeness (QED) is 0.420. The van der Waals surface area contributed by atoms with Crippen molar-refractivity contribution in [3.63, 3.8) is 0 Å². The third-order valence-corrected chi connectivity index (χ3v) is 2.19. The van der Waals surface area contributed by atoms with Gasteiger partial charge in [0.2, 0.25) is 0 Å². The fourth-order valence-electron chi connectivity index (χ4n) is 1.06. The normalized spacial score (nSPS) is 10.0. The minimum atomic E-state index is -1.87. The van der Waals surface area contributed by atoms with E-state index >= 15 is 0 Å². The molecule has 0 unspecified atom stereocenters. The maximum Gasteiger partial charge on any atom is 0.495 e. The van der Waals surface area contributed by atoms with Gasteiger partial charge in [-0.3, -0.25) is 10.1 Å². The van der Waals surface area contributed by atoms with Crippen molar-refractivity contribution >= 4 is 29.9 Å². The average molecular weight is 215 g/mol. The second-order valence-electron chi connectivity index (χ2n) is 2.79. The van der Waals surface area contributed by atoms with Crippen molar-refractivity contribution < 1.29 is 15.0 Å². The molecule has 1 rings (SSSR count). The number of benzene rings is 1. The lowest BCUT2D eigenvalue weighted by Crippen LogP contribution is -2.32. The smallest absolute Gasteiger partial charge is 0.423 e. The van der Waals surface area contributed by atoms with Crippen molar-refractivity contribution in [2.75, 3.05) is 0 Å². The van der Waals surface area contributed by atoms with E-state index in [9.17, 15) is 10.1 Å². The number of rotatable bonds is 2. The lowest BCUT2D eigenvalue weighted by Gasteiger charge is -2.04. The van der Waals surface area contributed by atoms with E-state index in [0.29, 0.717) is 5.56 Å². The zero-order valence-electron chi connectivity index (χ0n) is 7.27. The Morgan fingerprint density at radius 1 is 1.50 bits per heavy atom. The number of nitro groups is 1. The minimum absolute atomic E-state index is 0.156. The molecule has 2 N–H and O–H groups in total. The second kappa shape index (κ2) is 3.95. The Morgan fingerprint density at radius 3 is 2.50 bits per heavy atom. The number of hydrogen-bond acceptors (Lipinski definition) is 4. The first-order valence-corrected chi connectivity index (χ1v) is 4.12. The molecule has 0 aromatic heterocycles. The Balaban J connectivity index is 3.39. The third kappa shape index (κ3) is 2.04. The summed E-state index contributed by atoms with van der Waals surface area (Å²) in [5.41, 5.74) is 0.00728. The first kappa shape index (κ1) is 11.0. The average Bonchev–Trinajstić information content (AvgIpc) is 2.08. The molecule has 0 atom stereocenters. The number of nitrogens with zero attached hydrogens (tertiary/aromatic N) is 1. The van der Waals surface area contributed by atoms with Crippen molar-refractivity contribution in [3.8, 4) is 0 Å². The largest absolute Gasteiger partial charge is 0.495 e. The van der Waals surface area contributed by atoms with E-state index in [1.807, 2.05) is 0 Å². The lowest BCUT2D eigenvalue weighted by atomic mass is 9.78. The summed E-state index contributed by atoms with van der Waals surface area (Å²) in [4.78, 5) is 9.81. The Kier molecular flexibility index (Phi) is 3.10. The Bertz CT molecular complexity index is 382. The van der Waals surface area contributed by atoms with Crippen LogP contribution in [0.15, 0.2) is 12.1 Å². The van der Waals surface area contributed by atoms with Crippen molar-refractivity contribution in [3.05, 3.63) is 32.8 Å². The molecular weight excluding hydrogens is 208 g/mol. The topological polar surface area (TPSA) is 83.6 Å². The van der Waals surface area contributed by atoms with Gasteiger partial charge in [0.05, 0.1) is 15.4 Å². The molecular formula is C7H7BClNO4. The molecule has 0 saturated carbocycles. The van der Waals surface area contributed by atoms with Gasteiger partial charge < -0.3 is 10.0 Å². The van der Waals surface area contributed by atoms with E-state index in [-0.39, 0.29) is 10.5 Å². The molecule has 7 heteroatoms. The van der Waals surface area contributed by atoms with Gasteiger partial charge in [-0.15, -0.1) is 0 Å². The Labute approximate surface area is 85.2 Å². The van der Waals surface area contributed by atoms with Crippen LogP contribution in [-0.2, 0) is 0 Å². The summed E-state index contributed by atoms with van der Waals surface area (Å²) in [6, 6.07) is 2.39. The standard InChI is InChI=1S/C7H7BClNO4/c1-4-2-5(8(11)12)7(10(13)14)3-6(4)9/h2-3,11-12H,1H3. The van der Waals surface area contributed by atoms with Crippen molar-refractivity contribution in [1.82, 2.24) is 0 Å². The van der Waals surface area contributed by atoms with Gasteiger partial charge in [-0.05, 0) is 12.5 Å². The van der Waals surface area contributed by atoms with Crippen LogP contribution in [0.4, 0.5) is 5.69 Å². The van der Waals surface area contributed by atoms with Crippen molar-refractivity contribution in [1.29, 1.82) is 0 Å². The molecule has 0 aliphatic carbocycles. The van der Waals surface area contributed by atoms with Crippen molar-refractivity contribution in [2.45, 2.75) is 6.92 Å². The predicted molar refractivity (Wildman–Crippen MR) is 52.7 cm³/mol. The summed E-state index contributed by atoms with van der Waals surface area (Å²) in [7, 11) is -1.87. The molecule has 5 nitrogen and oxygen atoms in total. The van der Waals surface area contributed by atoms with Gasteiger partial charge in [0.15, 0.2) is 0 Å². The first-order chi connectivity index (χ1) is 6.43. The van der Waals surface area contributed by atoms with E-state index < -0.39 is 17.7 Å². The van der Waals surface area contributed by atoms with E-state index in [2.05, 4.69) is 0 Å². The molecule has 0 amide bonds. The minimum Gasteiger partial charge on any atom is -0.423 e. The Hall–Kier alpha value is -1.11. The molecule has 0 aliphatic heterocycles. The second-order valence-corrected chi connectivity index (χ2v) is 3.20. The van der Waals surface area contributed by atoms with Gasteiger partial charge in [0.25, 0.3) is 5.69 Å². The number of aryl methyl sites for hydroxylation is 1. The lowest BCUT2D eigenvalue weighted by molar-refractivity contribution is -0.383. The van der Waals surface area contributed by atoms with Gasteiger partial charge in [-0.2, -0.15) is 0 Å². The molecule has 0 heterocycles. The summed E-state index contributed by atoms with van der Waals surface area (Å²) in [6.07, 6.45) is 0. The number of hydrogen-bond donors (Lipinski definition) is 2. The summed E-state index contributed by atoms with van der Waals surface area (Å²) < 4.78 is 0. The molecule has 0 spiro atoms. The SMILES string of the molecule is Cc1cc(B(O)O)c([N+](=O)[O-])cc1Cl. The molecule has 74 valence electrons. The highest BCUT2D eigenvalue weighted by atomic mass is 35.5. The van der Waals surface area contributed by atoms with Crippen LogP contribution in [0.25, 0.3) is 0 Å². The van der Waals surface area contributed by atoms with E-state index in [1.54, 1.807) is 6.92 Å². The van der Waals surface area contributed by atoms with Crippen LogP contribution in [0, 0.1) is 17.0 Å². The maximum absolute atomic E-state index is 10.5. The highest BCUT2D eigenvalue weighted by Gasteiger charge is 2.24. The zero-order chi connectivity index (χ0) is 10.9. The van der Waals surface area contributed by atoms with Gasteiger partial charge in [-0.1, -0.05) is 17.7 Å². The van der Waals surface area contributed by atoms with Crippen LogP contribution in [0.2, 0.25) is 5.02 Å². The summed E-state index contributed by atoms with van der Waals surface area (Å²) >= 11 is 5.67. The highest BCUT2D eigenvalue weighted by molar-refractivity contribution is 6.60. The van der Waals surface area contributed by atoms with Crippen LogP contribution in [0.5, 0.6) is 0 Å². The molecule has 14 heavy (non-hydrogen) atoms. The molecule has 1 aromatic rings. The third-order valence-electron chi connectivity index (χ3n) is 1.78. The fourth-order valence-corrected chi connectivity index (χ4v) is 1.22. The molecule has 0 bridgehead atoms. The molecule has 1 aromatic carbocycles. The van der Waals surface area contributed by atoms with Crippen LogP contribution in [0.3, 0.4) is 0 Å². The maximum atomic E-state index is 10.5. The highest BCUT2D eigenvalue weighted by Crippen LogP contribution is 2.20. The van der Waals surface area contributed by atoms with Gasteiger partial charge in [-0.25, -0.2) is 0 Å². The zero-order valence-corrected chi connectivity index (χ0v) is 8.02. The van der Waals surface area contributed by atoms with E-state index in [4.69, 9.17) is 21.6 Å². The van der Waals surface area contributed by atoms with Crippen LogP contribution >= 0.6 is 11.6 Å². The van der Waals surface area contributed by atoms with Gasteiger partial charge in [0, 0.05) is 6.07 Å². The van der Waals surface area contributed by atoms with Gasteiger partial charge >= 0.3 is 7.12 Å². The van der Waals surface area contributed by atoms with Gasteiger partial charge in [0.1, 0.15) is 0 Å². The van der Waals surface area contributed by atoms with E-state index in [0.717, 1.165) is 6.07 Å². The first-order valence-electron chi connectivity index (χ1n) is 3.74. The summed E-state index contributed by atoms with van der Waals surface area (Å²) in [5.74, 6) is 0. The molecule has 0 fully saturated rings. The van der Waals surface area contributed by atoms with Crippen LogP contribution < -0.4 is 5.46 Å². The van der Waals surface area contributed by atoms with Crippen LogP contribution in [0.1, 0.15) is 5.56 Å². The predicted octanol–water partition coefficient (Wildman–Crippen LogP) is 0.236. The van der Waals surface area contributed by atoms with Crippen molar-refractivity contribution in [2.24, 2.45) is 0 Å². The molecule has 0 radical (unpaired) electrons. The monoisotopic (exact) mass is 215 g/mol. The fraction of sp³-hybridized carbons (Fsp3) is 0.143. The summed E-state index contributed by atoms with van der Waals surface area (Å²) in [6.45, 7) is 1.62.